The van der Waals surface area contributed by atoms with E-state index in [1.54, 1.807) is 0 Å². The van der Waals surface area contributed by atoms with Crippen molar-refractivity contribution in [2.24, 2.45) is 0 Å². The number of anilines is 3. The van der Waals surface area contributed by atoms with E-state index in [0.717, 1.165) is 50.2 Å². The quantitative estimate of drug-likeness (QED) is 0.186. The Morgan fingerprint density at radius 3 is 2.04 bits per heavy atom. The highest BCUT2D eigenvalue weighted by Crippen LogP contribution is 2.51. The van der Waals surface area contributed by atoms with Gasteiger partial charge in [-0.3, -0.25) is 0 Å². The van der Waals surface area contributed by atoms with Gasteiger partial charge in [0.1, 0.15) is 5.58 Å². The highest BCUT2D eigenvalue weighted by atomic mass is 16.3. The monoisotopic (exact) mass is 666 g/mol. The van der Waals surface area contributed by atoms with Crippen LogP contribution in [0.25, 0.3) is 71.3 Å². The molecule has 0 bridgehead atoms. The first-order valence-electron chi connectivity index (χ1n) is 18.0. The fraction of sp³-hybridized carbons (Fsp3) is 0.0612. The van der Waals surface area contributed by atoms with E-state index in [1.165, 1.54) is 49.3 Å². The molecule has 0 radical (unpaired) electrons. The number of fused-ring (bicyclic) bond motifs is 10. The first kappa shape index (κ1) is 29.2. The zero-order valence-electron chi connectivity index (χ0n) is 29.0. The summed E-state index contributed by atoms with van der Waals surface area (Å²) in [6, 6.07) is 61.7. The minimum atomic E-state index is -0.134. The van der Waals surface area contributed by atoms with Crippen LogP contribution in [0.15, 0.2) is 174 Å². The molecule has 10 aromatic rings. The molecular weight excluding hydrogens is 633 g/mol. The van der Waals surface area contributed by atoms with E-state index in [-0.39, 0.29) is 5.41 Å². The Morgan fingerprint density at radius 2 is 1.15 bits per heavy atom. The van der Waals surface area contributed by atoms with Crippen LogP contribution in [0, 0.1) is 0 Å². The third-order valence-corrected chi connectivity index (χ3v) is 11.3. The fourth-order valence-electron chi connectivity index (χ4n) is 8.85. The van der Waals surface area contributed by atoms with E-state index in [1.807, 2.05) is 6.07 Å². The van der Waals surface area contributed by atoms with Crippen LogP contribution >= 0.6 is 0 Å². The van der Waals surface area contributed by atoms with Crippen LogP contribution in [0.5, 0.6) is 0 Å². The number of aromatic nitrogens is 1. The first-order valence-corrected chi connectivity index (χ1v) is 18.0. The van der Waals surface area contributed by atoms with Crippen LogP contribution < -0.4 is 4.90 Å². The Bertz CT molecular complexity index is 3050. The zero-order chi connectivity index (χ0) is 34.6. The fourth-order valence-corrected chi connectivity index (χ4v) is 8.85. The second kappa shape index (κ2) is 10.7. The van der Waals surface area contributed by atoms with E-state index in [9.17, 15) is 0 Å². The molecule has 0 aliphatic heterocycles. The van der Waals surface area contributed by atoms with Gasteiger partial charge in [-0.15, -0.1) is 0 Å². The topological polar surface area (TPSA) is 21.3 Å². The second-order valence-electron chi connectivity index (χ2n) is 14.6. The van der Waals surface area contributed by atoms with Gasteiger partial charge in [-0.05, 0) is 93.7 Å². The van der Waals surface area contributed by atoms with Crippen LogP contribution in [-0.2, 0) is 5.41 Å². The summed E-state index contributed by atoms with van der Waals surface area (Å²) < 4.78 is 9.14. The summed E-state index contributed by atoms with van der Waals surface area (Å²) in [4.78, 5) is 2.40. The maximum absolute atomic E-state index is 6.72. The minimum Gasteiger partial charge on any atom is -0.454 e. The molecule has 0 N–H and O–H groups in total. The third kappa shape index (κ3) is 4.08. The molecule has 0 spiro atoms. The number of hydrogen-bond acceptors (Lipinski definition) is 2. The molecule has 52 heavy (non-hydrogen) atoms. The summed E-state index contributed by atoms with van der Waals surface area (Å²) in [6.45, 7) is 4.69. The molecule has 1 aliphatic carbocycles. The molecule has 0 unspecified atom stereocenters. The summed E-state index contributed by atoms with van der Waals surface area (Å²) >= 11 is 0. The lowest BCUT2D eigenvalue weighted by atomic mass is 9.82. The third-order valence-electron chi connectivity index (χ3n) is 11.3. The average molecular weight is 667 g/mol. The van der Waals surface area contributed by atoms with Crippen molar-refractivity contribution in [3.63, 3.8) is 0 Å². The van der Waals surface area contributed by atoms with Gasteiger partial charge in [-0.1, -0.05) is 123 Å². The van der Waals surface area contributed by atoms with Gasteiger partial charge < -0.3 is 13.9 Å². The number of furan rings is 1. The van der Waals surface area contributed by atoms with Crippen LogP contribution in [0.4, 0.5) is 17.1 Å². The largest absolute Gasteiger partial charge is 0.454 e. The lowest BCUT2D eigenvalue weighted by molar-refractivity contribution is 0.660. The maximum atomic E-state index is 6.72. The lowest BCUT2D eigenvalue weighted by Crippen LogP contribution is -2.16. The van der Waals surface area contributed by atoms with Gasteiger partial charge in [0.25, 0.3) is 0 Å². The molecular formula is C49H34N2O. The van der Waals surface area contributed by atoms with Gasteiger partial charge >= 0.3 is 0 Å². The Balaban J connectivity index is 1.21. The van der Waals surface area contributed by atoms with Gasteiger partial charge in [0, 0.05) is 44.0 Å². The number of benzene rings is 8. The highest BCUT2D eigenvalue weighted by Gasteiger charge is 2.36. The molecule has 11 rings (SSSR count). The minimum absolute atomic E-state index is 0.134. The van der Waals surface area contributed by atoms with Crippen molar-refractivity contribution in [3.8, 4) is 16.8 Å². The van der Waals surface area contributed by atoms with E-state index >= 15 is 0 Å². The van der Waals surface area contributed by atoms with Gasteiger partial charge in [0.2, 0.25) is 0 Å². The van der Waals surface area contributed by atoms with Crippen molar-refractivity contribution in [2.45, 2.75) is 19.3 Å². The van der Waals surface area contributed by atoms with E-state index < -0.39 is 0 Å². The number of hydrogen-bond donors (Lipinski definition) is 0. The van der Waals surface area contributed by atoms with Gasteiger partial charge in [0.05, 0.1) is 16.7 Å². The average Bonchev–Trinajstić information content (AvgIpc) is 3.80. The summed E-state index contributed by atoms with van der Waals surface area (Å²) in [7, 11) is 0. The maximum Gasteiger partial charge on any atom is 0.159 e. The standard InChI is InChI=1S/C49H34N2O/c1-49(2)42-20-10-8-17-36(42)37-25-23-34(29-43(37)49)50(44-21-12-19-40-39-18-9-11-22-47(39)52-48(40)44)35-24-26-38-41-27-31-13-6-7-14-32(31)28-45(41)51(46(38)30-35)33-15-4-3-5-16-33/h3-30H,1-2H3. The van der Waals surface area contributed by atoms with E-state index in [0.29, 0.717) is 0 Å². The zero-order valence-corrected chi connectivity index (χ0v) is 29.0. The van der Waals surface area contributed by atoms with Crippen molar-refractivity contribution in [3.05, 3.63) is 181 Å². The van der Waals surface area contributed by atoms with E-state index in [4.69, 9.17) is 4.42 Å². The number of rotatable bonds is 4. The molecule has 0 fully saturated rings. The molecule has 246 valence electrons. The Labute approximate surface area is 301 Å². The number of para-hydroxylation sites is 3. The Morgan fingerprint density at radius 1 is 0.481 bits per heavy atom. The van der Waals surface area contributed by atoms with Crippen molar-refractivity contribution >= 4 is 71.6 Å². The van der Waals surface area contributed by atoms with Gasteiger partial charge in [-0.2, -0.15) is 0 Å². The van der Waals surface area contributed by atoms with Gasteiger partial charge in [0.15, 0.2) is 5.58 Å². The molecule has 8 aromatic carbocycles. The molecule has 0 atom stereocenters. The molecule has 3 heteroatoms. The Kier molecular flexibility index (Phi) is 6.01. The van der Waals surface area contributed by atoms with Crippen molar-refractivity contribution < 1.29 is 4.42 Å². The summed E-state index contributed by atoms with van der Waals surface area (Å²) in [5.41, 5.74) is 13.6. The van der Waals surface area contributed by atoms with Crippen LogP contribution in [-0.4, -0.2) is 4.57 Å². The smallest absolute Gasteiger partial charge is 0.159 e. The molecule has 0 saturated carbocycles. The molecule has 1 aliphatic rings. The Hall–Kier alpha value is -6.58. The van der Waals surface area contributed by atoms with Gasteiger partial charge in [-0.25, -0.2) is 0 Å². The van der Waals surface area contributed by atoms with Crippen molar-refractivity contribution in [1.82, 2.24) is 4.57 Å². The summed E-state index contributed by atoms with van der Waals surface area (Å²) in [6.07, 6.45) is 0. The molecule has 2 aromatic heterocycles. The molecule has 0 amide bonds. The van der Waals surface area contributed by atoms with Crippen LogP contribution in [0.2, 0.25) is 0 Å². The van der Waals surface area contributed by atoms with E-state index in [2.05, 4.69) is 187 Å². The SMILES string of the molecule is CC1(C)c2ccccc2-c2ccc(N(c3ccc4c5cc6ccccc6cc5n(-c5ccccc5)c4c3)c3cccc4c3oc3ccccc34)cc21. The second-order valence-corrected chi connectivity index (χ2v) is 14.6. The first-order chi connectivity index (χ1) is 25.5. The van der Waals surface area contributed by atoms with Crippen molar-refractivity contribution in [1.29, 1.82) is 0 Å². The summed E-state index contributed by atoms with van der Waals surface area (Å²) in [5, 5.41) is 7.17. The predicted octanol–water partition coefficient (Wildman–Crippen LogP) is 13.6. The predicted molar refractivity (Wildman–Crippen MR) is 218 cm³/mol. The lowest BCUT2D eigenvalue weighted by Gasteiger charge is -2.28. The normalized spacial score (nSPS) is 13.3. The molecule has 3 nitrogen and oxygen atoms in total. The molecule has 0 saturated heterocycles. The number of nitrogens with zero attached hydrogens (tertiary/aromatic N) is 2. The summed E-state index contributed by atoms with van der Waals surface area (Å²) in [5.74, 6) is 0. The van der Waals surface area contributed by atoms with Crippen LogP contribution in [0.1, 0.15) is 25.0 Å². The van der Waals surface area contributed by atoms with Crippen LogP contribution in [0.3, 0.4) is 0 Å². The van der Waals surface area contributed by atoms with Crippen molar-refractivity contribution in [2.75, 3.05) is 4.90 Å². The highest BCUT2D eigenvalue weighted by molar-refractivity contribution is 6.15. The molecule has 2 heterocycles.